The first-order chi connectivity index (χ1) is 24.8. The molecule has 4 atom stereocenters. The predicted molar refractivity (Wildman–Crippen MR) is 200 cm³/mol. The van der Waals surface area contributed by atoms with Crippen molar-refractivity contribution >= 4 is 39.5 Å². The number of carbonyl (C=O) groups is 4. The van der Waals surface area contributed by atoms with Crippen LogP contribution in [0.15, 0.2) is 72.9 Å². The third-order valence-electron chi connectivity index (χ3n) is 8.67. The van der Waals surface area contributed by atoms with Gasteiger partial charge in [0.05, 0.1) is 17.8 Å². The van der Waals surface area contributed by atoms with E-state index in [1.54, 1.807) is 19.2 Å². The van der Waals surface area contributed by atoms with Gasteiger partial charge in [0.15, 0.2) is 0 Å². The minimum Gasteiger partial charge on any atom is -0.355 e. The number of amides is 4. The van der Waals surface area contributed by atoms with Gasteiger partial charge in [0, 0.05) is 61.7 Å². The highest BCUT2D eigenvalue weighted by molar-refractivity contribution is 7.90. The van der Waals surface area contributed by atoms with Gasteiger partial charge >= 0.3 is 10.2 Å². The Balaban J connectivity index is 1.58. The van der Waals surface area contributed by atoms with E-state index in [-0.39, 0.29) is 60.2 Å². The van der Waals surface area contributed by atoms with Crippen molar-refractivity contribution in [1.82, 2.24) is 36.3 Å². The molecule has 1 saturated heterocycles. The molecule has 0 spiro atoms. The lowest BCUT2D eigenvalue weighted by atomic mass is 10.0. The summed E-state index contributed by atoms with van der Waals surface area (Å²) in [6.45, 7) is 10.1. The van der Waals surface area contributed by atoms with E-state index in [0.29, 0.717) is 25.1 Å². The van der Waals surface area contributed by atoms with Crippen LogP contribution in [0.4, 0.5) is 5.69 Å². The quantitative estimate of drug-likeness (QED) is 0.129. The maximum Gasteiger partial charge on any atom is 0.301 e. The van der Waals surface area contributed by atoms with Crippen molar-refractivity contribution in [2.24, 2.45) is 5.92 Å². The Bertz CT molecular complexity index is 1790. The van der Waals surface area contributed by atoms with Gasteiger partial charge in [-0.25, -0.2) is 0 Å². The van der Waals surface area contributed by atoms with Crippen LogP contribution in [0.2, 0.25) is 0 Å². The van der Waals surface area contributed by atoms with E-state index in [0.717, 1.165) is 9.87 Å². The van der Waals surface area contributed by atoms with Crippen molar-refractivity contribution in [3.05, 3.63) is 95.3 Å². The lowest BCUT2D eigenvalue weighted by Gasteiger charge is -2.29. The zero-order valence-electron chi connectivity index (χ0n) is 30.3. The number of nitrogens with zero attached hydrogens (tertiary/aromatic N) is 2. The molecule has 15 heteroatoms. The molecule has 0 unspecified atom stereocenters. The van der Waals surface area contributed by atoms with Crippen molar-refractivity contribution < 1.29 is 27.6 Å². The van der Waals surface area contributed by atoms with E-state index < -0.39 is 40.1 Å². The standard InChI is InChI=1S/C37H50N8O6S/c1-6-38-37(49)33(24(2)3)44-34(46)26(5)40-23-31(22-30-15-10-11-16-39-30)43-36(48)29-19-28(35(47)42-25(4)27-13-8-7-9-14-27)20-32(21-29)45-18-12-17-41-52(45,50)51/h7-11,13-16,19-21,24-26,31,33,40-41H,6,12,17-18,22-23H2,1-5H3,(H,38,49)(H,42,47)(H,43,48)(H,44,46)/t25-,26+,31+,33+/m1/s1. The number of anilines is 1. The van der Waals surface area contributed by atoms with Crippen LogP contribution in [0.3, 0.4) is 0 Å². The van der Waals surface area contributed by atoms with Gasteiger partial charge in [0.2, 0.25) is 11.8 Å². The number of pyridine rings is 1. The highest BCUT2D eigenvalue weighted by atomic mass is 32.2. The molecule has 0 radical (unpaired) electrons. The van der Waals surface area contributed by atoms with Crippen LogP contribution in [-0.4, -0.2) is 81.3 Å². The molecule has 280 valence electrons. The van der Waals surface area contributed by atoms with E-state index in [1.807, 2.05) is 70.2 Å². The lowest BCUT2D eigenvalue weighted by Crippen LogP contribution is -2.55. The van der Waals surface area contributed by atoms with Crippen molar-refractivity contribution in [2.45, 2.75) is 71.6 Å². The molecule has 2 aromatic carbocycles. The number of rotatable bonds is 16. The fraction of sp³-hybridized carbons (Fsp3) is 0.432. The molecule has 1 fully saturated rings. The van der Waals surface area contributed by atoms with Crippen LogP contribution in [-0.2, 0) is 26.2 Å². The topological polar surface area (TPSA) is 191 Å². The first-order valence-corrected chi connectivity index (χ1v) is 19.0. The van der Waals surface area contributed by atoms with E-state index in [9.17, 15) is 27.6 Å². The SMILES string of the molecule is CCNC(=O)[C@@H](NC(=O)[C@H](C)NC[C@H](Cc1ccccn1)NC(=O)c1cc(C(=O)N[C@H](C)c2ccccc2)cc(N2CCCNS2(=O)=O)c1)C(C)C. The second kappa shape index (κ2) is 18.6. The second-order valence-electron chi connectivity index (χ2n) is 13.1. The summed E-state index contributed by atoms with van der Waals surface area (Å²) in [6.07, 6.45) is 2.48. The molecule has 3 aromatic rings. The lowest BCUT2D eigenvalue weighted by molar-refractivity contribution is -0.130. The largest absolute Gasteiger partial charge is 0.355 e. The van der Waals surface area contributed by atoms with Crippen molar-refractivity contribution in [1.29, 1.82) is 0 Å². The molecule has 0 saturated carbocycles. The number of benzene rings is 2. The molecular formula is C37H50N8O6S. The van der Waals surface area contributed by atoms with Gasteiger partial charge in [-0.05, 0) is 69.0 Å². The van der Waals surface area contributed by atoms with Gasteiger partial charge in [-0.15, -0.1) is 0 Å². The summed E-state index contributed by atoms with van der Waals surface area (Å²) in [5.41, 5.74) is 1.94. The molecule has 14 nitrogen and oxygen atoms in total. The van der Waals surface area contributed by atoms with Crippen molar-refractivity contribution in [3.8, 4) is 0 Å². The normalized spacial score (nSPS) is 16.2. The van der Waals surface area contributed by atoms with Gasteiger partial charge in [-0.1, -0.05) is 50.2 Å². The zero-order chi connectivity index (χ0) is 37.8. The fourth-order valence-corrected chi connectivity index (χ4v) is 7.05. The van der Waals surface area contributed by atoms with Crippen molar-refractivity contribution in [2.75, 3.05) is 30.5 Å². The van der Waals surface area contributed by atoms with Crippen molar-refractivity contribution in [3.63, 3.8) is 0 Å². The average Bonchev–Trinajstić information content (AvgIpc) is 3.12. The first-order valence-electron chi connectivity index (χ1n) is 17.6. The van der Waals surface area contributed by atoms with Crippen LogP contribution in [0.5, 0.6) is 0 Å². The van der Waals surface area contributed by atoms with Crippen LogP contribution >= 0.6 is 0 Å². The number of likely N-dealkylation sites (N-methyl/N-ethyl adjacent to an activating group) is 1. The number of carbonyl (C=O) groups excluding carboxylic acids is 4. The minimum absolute atomic E-state index is 0.0781. The van der Waals surface area contributed by atoms with E-state index in [2.05, 4.69) is 36.3 Å². The maximum absolute atomic E-state index is 14.0. The zero-order valence-corrected chi connectivity index (χ0v) is 31.1. The molecule has 0 bridgehead atoms. The molecule has 0 aliphatic carbocycles. The van der Waals surface area contributed by atoms with Gasteiger partial charge in [-0.2, -0.15) is 13.1 Å². The predicted octanol–water partition coefficient (Wildman–Crippen LogP) is 2.21. The highest BCUT2D eigenvalue weighted by Crippen LogP contribution is 2.25. The molecule has 1 aliphatic heterocycles. The van der Waals surface area contributed by atoms with Gasteiger partial charge in [0.25, 0.3) is 11.8 Å². The summed E-state index contributed by atoms with van der Waals surface area (Å²) in [4.78, 5) is 57.7. The van der Waals surface area contributed by atoms with Gasteiger partial charge in [-0.3, -0.25) is 28.5 Å². The van der Waals surface area contributed by atoms with E-state index in [4.69, 9.17) is 0 Å². The Morgan fingerprint density at radius 2 is 1.54 bits per heavy atom. The number of aromatic nitrogens is 1. The average molecular weight is 735 g/mol. The molecule has 2 heterocycles. The Morgan fingerprint density at radius 3 is 2.15 bits per heavy atom. The molecule has 1 aliphatic rings. The smallest absolute Gasteiger partial charge is 0.301 e. The molecule has 4 amide bonds. The fourth-order valence-electron chi connectivity index (χ4n) is 5.74. The van der Waals surface area contributed by atoms with Crippen LogP contribution in [0, 0.1) is 5.92 Å². The number of nitrogens with one attached hydrogen (secondary N) is 6. The summed E-state index contributed by atoms with van der Waals surface area (Å²) in [5.74, 6) is -1.81. The third kappa shape index (κ3) is 11.1. The van der Waals surface area contributed by atoms with Crippen LogP contribution < -0.4 is 35.6 Å². The first kappa shape index (κ1) is 39.9. The Kier molecular flexibility index (Phi) is 14.3. The Morgan fingerprint density at radius 1 is 0.865 bits per heavy atom. The third-order valence-corrected chi connectivity index (χ3v) is 10.2. The van der Waals surface area contributed by atoms with Crippen LogP contribution in [0.25, 0.3) is 0 Å². The monoisotopic (exact) mass is 734 g/mol. The molecule has 6 N–H and O–H groups in total. The highest BCUT2D eigenvalue weighted by Gasteiger charge is 2.29. The minimum atomic E-state index is -3.90. The summed E-state index contributed by atoms with van der Waals surface area (Å²) < 4.78 is 29.7. The number of hydrogen-bond acceptors (Lipinski definition) is 8. The van der Waals surface area contributed by atoms with Crippen LogP contribution in [0.1, 0.15) is 79.1 Å². The maximum atomic E-state index is 14.0. The van der Waals surface area contributed by atoms with Gasteiger partial charge in [0.1, 0.15) is 6.04 Å². The van der Waals surface area contributed by atoms with E-state index in [1.165, 1.54) is 18.2 Å². The molecule has 1 aromatic heterocycles. The Labute approximate surface area is 306 Å². The summed E-state index contributed by atoms with van der Waals surface area (Å²) in [6, 6.07) is 16.8. The number of hydrogen-bond donors (Lipinski definition) is 6. The molecular weight excluding hydrogens is 685 g/mol. The van der Waals surface area contributed by atoms with E-state index >= 15 is 0 Å². The Hall–Kier alpha value is -4.86. The summed E-state index contributed by atoms with van der Waals surface area (Å²) in [7, 11) is -3.90. The molecule has 4 rings (SSSR count). The summed E-state index contributed by atoms with van der Waals surface area (Å²) >= 11 is 0. The summed E-state index contributed by atoms with van der Waals surface area (Å²) in [5, 5.41) is 14.7. The second-order valence-corrected chi connectivity index (χ2v) is 14.8. The van der Waals surface area contributed by atoms with Gasteiger partial charge < -0.3 is 26.6 Å². The molecule has 52 heavy (non-hydrogen) atoms.